The highest BCUT2D eigenvalue weighted by atomic mass is 32.2. The number of ether oxygens (including phenoxy) is 1. The highest BCUT2D eigenvalue weighted by Gasteiger charge is 2.57. The molecule has 0 bridgehead atoms. The van der Waals surface area contributed by atoms with Gasteiger partial charge in [0.1, 0.15) is 11.4 Å². The van der Waals surface area contributed by atoms with Crippen molar-refractivity contribution in [2.24, 2.45) is 0 Å². The Balaban J connectivity index is 1.56. The van der Waals surface area contributed by atoms with E-state index < -0.39 is 6.04 Å². The third-order valence-corrected chi connectivity index (χ3v) is 6.61. The van der Waals surface area contributed by atoms with Gasteiger partial charge in [0.15, 0.2) is 0 Å². The minimum atomic E-state index is -0.464. The number of hydrogen-bond donors (Lipinski definition) is 1. The van der Waals surface area contributed by atoms with Crippen molar-refractivity contribution in [2.45, 2.75) is 49.0 Å². The fourth-order valence-electron chi connectivity index (χ4n) is 3.92. The molecule has 24 heavy (non-hydrogen) atoms. The molecule has 2 amide bonds. The maximum Gasteiger partial charge on any atom is 0.256 e. The van der Waals surface area contributed by atoms with Gasteiger partial charge in [0.25, 0.3) is 5.91 Å². The number of amides is 2. The van der Waals surface area contributed by atoms with Crippen LogP contribution in [-0.2, 0) is 9.53 Å². The average molecular weight is 346 g/mol. The molecule has 128 valence electrons. The number of nitrogens with one attached hydrogen (secondary N) is 1. The molecule has 0 aliphatic carbocycles. The van der Waals surface area contributed by atoms with E-state index in [1.54, 1.807) is 16.7 Å². The van der Waals surface area contributed by atoms with Crippen LogP contribution in [0.4, 0.5) is 0 Å². The van der Waals surface area contributed by atoms with Gasteiger partial charge in [0, 0.05) is 23.5 Å². The topological polar surface area (TPSA) is 58.6 Å². The van der Waals surface area contributed by atoms with Crippen molar-refractivity contribution >= 4 is 23.6 Å². The van der Waals surface area contributed by atoms with Crippen LogP contribution in [0.1, 0.15) is 48.0 Å². The van der Waals surface area contributed by atoms with E-state index in [1.165, 1.54) is 0 Å². The highest BCUT2D eigenvalue weighted by molar-refractivity contribution is 8.01. The first-order chi connectivity index (χ1) is 11.5. The van der Waals surface area contributed by atoms with E-state index in [-0.39, 0.29) is 28.0 Å². The van der Waals surface area contributed by atoms with Crippen molar-refractivity contribution < 1.29 is 14.3 Å². The zero-order valence-electron chi connectivity index (χ0n) is 14.0. The summed E-state index contributed by atoms with van der Waals surface area (Å²) >= 11 is 1.69. The van der Waals surface area contributed by atoms with E-state index >= 15 is 0 Å². The molecule has 6 heteroatoms. The summed E-state index contributed by atoms with van der Waals surface area (Å²) in [5, 5.41) is 2.94. The van der Waals surface area contributed by atoms with Gasteiger partial charge in [-0.1, -0.05) is 18.2 Å². The molecule has 3 heterocycles. The molecule has 0 aromatic heterocycles. The molecule has 3 atom stereocenters. The van der Waals surface area contributed by atoms with E-state index in [2.05, 4.69) is 5.32 Å². The summed E-state index contributed by atoms with van der Waals surface area (Å²) in [4.78, 5) is 27.5. The second kappa shape index (κ2) is 5.77. The molecule has 2 fully saturated rings. The molecular formula is C18H22N2O3S. The molecule has 0 spiro atoms. The molecule has 0 saturated carbocycles. The van der Waals surface area contributed by atoms with Gasteiger partial charge in [-0.2, -0.15) is 0 Å². The Hall–Kier alpha value is -1.53. The number of thioether (sulfide) groups is 1. The van der Waals surface area contributed by atoms with Gasteiger partial charge in [-0.3, -0.25) is 9.59 Å². The maximum atomic E-state index is 12.9. The number of carbonyl (C=O) groups excluding carboxylic acids is 2. The Morgan fingerprint density at radius 1 is 1.42 bits per heavy atom. The van der Waals surface area contributed by atoms with Crippen LogP contribution < -0.4 is 5.32 Å². The Kier molecular flexibility index (Phi) is 3.84. The minimum Gasteiger partial charge on any atom is -0.376 e. The van der Waals surface area contributed by atoms with Crippen LogP contribution in [0.5, 0.6) is 0 Å². The molecule has 5 nitrogen and oxygen atoms in total. The van der Waals surface area contributed by atoms with Gasteiger partial charge in [0.05, 0.1) is 6.10 Å². The van der Waals surface area contributed by atoms with Gasteiger partial charge in [-0.25, -0.2) is 0 Å². The lowest BCUT2D eigenvalue weighted by Crippen LogP contribution is -2.53. The average Bonchev–Trinajstić information content (AvgIpc) is 3.22. The number of fused-ring (bicyclic) bond motifs is 3. The van der Waals surface area contributed by atoms with Crippen LogP contribution in [0.15, 0.2) is 24.3 Å². The van der Waals surface area contributed by atoms with E-state index in [4.69, 9.17) is 4.74 Å². The normalized spacial score (nSPS) is 30.3. The Morgan fingerprint density at radius 2 is 2.21 bits per heavy atom. The largest absolute Gasteiger partial charge is 0.376 e. The zero-order valence-corrected chi connectivity index (χ0v) is 14.8. The fraction of sp³-hybridized carbons (Fsp3) is 0.556. The van der Waals surface area contributed by atoms with Crippen molar-refractivity contribution in [1.29, 1.82) is 0 Å². The van der Waals surface area contributed by atoms with Crippen molar-refractivity contribution in [2.75, 3.05) is 13.2 Å². The number of hydrogen-bond acceptors (Lipinski definition) is 4. The fourth-order valence-corrected chi connectivity index (χ4v) is 5.51. The lowest BCUT2D eigenvalue weighted by molar-refractivity contribution is -0.126. The molecule has 0 radical (unpaired) electrons. The Bertz CT molecular complexity index is 685. The standard InChI is InChI=1S/C18H22N2O3S/c1-18(2)14(15(21)19-10-11-6-5-9-23-11)20-16(22)12-7-3-4-8-13(12)17(20)24-18/h3-4,7-8,11,14,17H,5-6,9-10H2,1-2H3,(H,19,21)/t11-,14-,17+/m0/s1. The molecule has 2 saturated heterocycles. The van der Waals surface area contributed by atoms with Crippen molar-refractivity contribution in [3.05, 3.63) is 35.4 Å². The van der Waals surface area contributed by atoms with Crippen LogP contribution in [0.2, 0.25) is 0 Å². The summed E-state index contributed by atoms with van der Waals surface area (Å²) in [7, 11) is 0. The van der Waals surface area contributed by atoms with Gasteiger partial charge >= 0.3 is 0 Å². The predicted molar refractivity (Wildman–Crippen MR) is 92.8 cm³/mol. The molecule has 3 aliphatic heterocycles. The molecule has 4 rings (SSSR count). The smallest absolute Gasteiger partial charge is 0.256 e. The first-order valence-corrected chi connectivity index (χ1v) is 9.36. The summed E-state index contributed by atoms with van der Waals surface area (Å²) in [6.45, 7) is 5.38. The quantitative estimate of drug-likeness (QED) is 0.913. The summed E-state index contributed by atoms with van der Waals surface area (Å²) in [5.74, 6) is -0.113. The first kappa shape index (κ1) is 16.0. The predicted octanol–water partition coefficient (Wildman–Crippen LogP) is 2.33. The van der Waals surface area contributed by atoms with E-state index in [0.717, 1.165) is 30.6 Å². The Morgan fingerprint density at radius 3 is 2.96 bits per heavy atom. The maximum absolute atomic E-state index is 12.9. The van der Waals surface area contributed by atoms with Crippen molar-refractivity contribution in [3.63, 3.8) is 0 Å². The molecule has 0 unspecified atom stereocenters. The second-order valence-corrected chi connectivity index (χ2v) is 8.89. The molecule has 1 N–H and O–H groups in total. The third kappa shape index (κ3) is 2.43. The zero-order chi connectivity index (χ0) is 16.9. The van der Waals surface area contributed by atoms with Crippen LogP contribution >= 0.6 is 11.8 Å². The van der Waals surface area contributed by atoms with Gasteiger partial charge in [-0.15, -0.1) is 11.8 Å². The van der Waals surface area contributed by atoms with E-state index in [9.17, 15) is 9.59 Å². The highest BCUT2D eigenvalue weighted by Crippen LogP contribution is 2.56. The summed E-state index contributed by atoms with van der Waals surface area (Å²) in [6.07, 6.45) is 2.14. The number of benzene rings is 1. The van der Waals surface area contributed by atoms with Gasteiger partial charge in [-0.05, 0) is 38.3 Å². The van der Waals surface area contributed by atoms with Gasteiger partial charge < -0.3 is 15.0 Å². The lowest BCUT2D eigenvalue weighted by Gasteiger charge is -2.29. The summed E-state index contributed by atoms with van der Waals surface area (Å²) < 4.78 is 5.25. The lowest BCUT2D eigenvalue weighted by atomic mass is 10.0. The molecule has 1 aromatic rings. The number of rotatable bonds is 3. The van der Waals surface area contributed by atoms with Crippen LogP contribution in [-0.4, -0.2) is 46.8 Å². The first-order valence-electron chi connectivity index (χ1n) is 8.48. The van der Waals surface area contributed by atoms with E-state index in [0.29, 0.717) is 6.54 Å². The van der Waals surface area contributed by atoms with E-state index in [1.807, 2.05) is 38.1 Å². The SMILES string of the molecule is CC1(C)S[C@@H]2c3ccccc3C(=O)N2[C@H]1C(=O)NC[C@@H]1CCCO1. The second-order valence-electron chi connectivity index (χ2n) is 7.16. The minimum absolute atomic E-state index is 0.0362. The summed E-state index contributed by atoms with van der Waals surface area (Å²) in [6, 6.07) is 7.21. The number of carbonyl (C=O) groups is 2. The molecule has 3 aliphatic rings. The monoisotopic (exact) mass is 346 g/mol. The van der Waals surface area contributed by atoms with Crippen molar-refractivity contribution in [3.8, 4) is 0 Å². The van der Waals surface area contributed by atoms with Crippen molar-refractivity contribution in [1.82, 2.24) is 10.2 Å². The van der Waals surface area contributed by atoms with Crippen LogP contribution in [0, 0.1) is 0 Å². The van der Waals surface area contributed by atoms with Gasteiger partial charge in [0.2, 0.25) is 5.91 Å². The van der Waals surface area contributed by atoms with Crippen LogP contribution in [0.25, 0.3) is 0 Å². The molecular weight excluding hydrogens is 324 g/mol. The van der Waals surface area contributed by atoms with Crippen LogP contribution in [0.3, 0.4) is 0 Å². The third-order valence-electron chi connectivity index (χ3n) is 5.07. The summed E-state index contributed by atoms with van der Waals surface area (Å²) in [5.41, 5.74) is 1.75. The number of nitrogens with zero attached hydrogens (tertiary/aromatic N) is 1. The molecule has 1 aromatic carbocycles. The Labute approximate surface area is 146 Å².